The second-order valence-electron chi connectivity index (χ2n) is 13.2. The van der Waals surface area contributed by atoms with Gasteiger partial charge in [-0.3, -0.25) is 0 Å². The number of rotatable bonds is 3. The lowest BCUT2D eigenvalue weighted by Gasteiger charge is -2.19. The second-order valence-corrected chi connectivity index (χ2v) is 15.3. The molecular formula is C48H28S2. The molecule has 2 heteroatoms. The summed E-state index contributed by atoms with van der Waals surface area (Å²) in [5.74, 6) is 0. The van der Waals surface area contributed by atoms with Crippen LogP contribution in [0, 0.1) is 0 Å². The molecule has 9 aromatic carbocycles. The molecular weight excluding hydrogens is 641 g/mol. The summed E-state index contributed by atoms with van der Waals surface area (Å²) in [4.78, 5) is 0. The zero-order valence-electron chi connectivity index (χ0n) is 27.0. The normalized spacial score (nSPS) is 12.0. The number of hydrogen-bond acceptors (Lipinski definition) is 2. The third-order valence-corrected chi connectivity index (χ3v) is 12.8. The minimum Gasteiger partial charge on any atom is -0.135 e. The maximum absolute atomic E-state index is 2.39. The molecule has 2 aromatic heterocycles. The van der Waals surface area contributed by atoms with Crippen molar-refractivity contribution in [1.82, 2.24) is 0 Å². The van der Waals surface area contributed by atoms with E-state index in [0.717, 1.165) is 0 Å². The van der Waals surface area contributed by atoms with Gasteiger partial charge in [0.25, 0.3) is 0 Å². The van der Waals surface area contributed by atoms with E-state index in [4.69, 9.17) is 0 Å². The molecule has 0 spiro atoms. The molecule has 11 aromatic rings. The van der Waals surface area contributed by atoms with Crippen LogP contribution < -0.4 is 0 Å². The molecule has 0 atom stereocenters. The molecule has 0 aliphatic heterocycles. The highest BCUT2D eigenvalue weighted by Gasteiger charge is 2.18. The first-order valence-corrected chi connectivity index (χ1v) is 18.7. The Morgan fingerprint density at radius 2 is 0.880 bits per heavy atom. The highest BCUT2D eigenvalue weighted by Crippen LogP contribution is 2.47. The SMILES string of the molecule is c1ccc2c(-c3c4ccccc4c(-c4ccc(-c5ccc6c(c5)sc5c6ccc6sc7ccccc7c65)cc4)c4ccccc34)cccc2c1. The zero-order chi connectivity index (χ0) is 32.8. The maximum Gasteiger partial charge on any atom is 0.0448 e. The van der Waals surface area contributed by atoms with Gasteiger partial charge in [0.2, 0.25) is 0 Å². The molecule has 0 saturated heterocycles. The summed E-state index contributed by atoms with van der Waals surface area (Å²) in [6.07, 6.45) is 0. The first-order chi connectivity index (χ1) is 24.8. The molecule has 0 unspecified atom stereocenters. The Kier molecular flexibility index (Phi) is 6.09. The minimum absolute atomic E-state index is 1.24. The van der Waals surface area contributed by atoms with E-state index < -0.39 is 0 Å². The predicted molar refractivity (Wildman–Crippen MR) is 221 cm³/mol. The van der Waals surface area contributed by atoms with Crippen LogP contribution in [0.5, 0.6) is 0 Å². The van der Waals surface area contributed by atoms with Crippen LogP contribution in [0.1, 0.15) is 0 Å². The number of benzene rings is 9. The third kappa shape index (κ3) is 4.10. The largest absolute Gasteiger partial charge is 0.135 e. The number of thiophene rings is 2. The van der Waals surface area contributed by atoms with Crippen LogP contribution >= 0.6 is 22.7 Å². The van der Waals surface area contributed by atoms with Crippen molar-refractivity contribution in [1.29, 1.82) is 0 Å². The molecule has 0 N–H and O–H groups in total. The lowest BCUT2D eigenvalue weighted by Crippen LogP contribution is -1.91. The first kappa shape index (κ1) is 28.1. The van der Waals surface area contributed by atoms with Gasteiger partial charge in [-0.25, -0.2) is 0 Å². The summed E-state index contributed by atoms with van der Waals surface area (Å²) in [5, 5.41) is 13.1. The van der Waals surface area contributed by atoms with Gasteiger partial charge in [0, 0.05) is 40.3 Å². The van der Waals surface area contributed by atoms with E-state index in [-0.39, 0.29) is 0 Å². The quantitative estimate of drug-likeness (QED) is 0.164. The van der Waals surface area contributed by atoms with Crippen LogP contribution in [-0.4, -0.2) is 0 Å². The van der Waals surface area contributed by atoms with Gasteiger partial charge in [-0.2, -0.15) is 0 Å². The molecule has 0 radical (unpaired) electrons. The van der Waals surface area contributed by atoms with Crippen LogP contribution in [0.4, 0.5) is 0 Å². The van der Waals surface area contributed by atoms with Crippen molar-refractivity contribution in [2.75, 3.05) is 0 Å². The summed E-state index contributed by atoms with van der Waals surface area (Å²) in [6.45, 7) is 0. The third-order valence-electron chi connectivity index (χ3n) is 10.5. The van der Waals surface area contributed by atoms with Gasteiger partial charge in [-0.1, -0.05) is 152 Å². The van der Waals surface area contributed by atoms with Gasteiger partial charge in [0.05, 0.1) is 0 Å². The lowest BCUT2D eigenvalue weighted by molar-refractivity contribution is 1.64. The molecule has 0 aliphatic rings. The number of fused-ring (bicyclic) bond motifs is 10. The maximum atomic E-state index is 2.39. The topological polar surface area (TPSA) is 0 Å². The first-order valence-electron chi connectivity index (χ1n) is 17.1. The monoisotopic (exact) mass is 668 g/mol. The fourth-order valence-corrected chi connectivity index (χ4v) is 10.7. The van der Waals surface area contributed by atoms with Gasteiger partial charge in [0.1, 0.15) is 0 Å². The molecule has 0 bridgehead atoms. The van der Waals surface area contributed by atoms with E-state index in [9.17, 15) is 0 Å². The van der Waals surface area contributed by atoms with E-state index in [1.807, 2.05) is 22.7 Å². The predicted octanol–water partition coefficient (Wildman–Crippen LogP) is 14.9. The van der Waals surface area contributed by atoms with Crippen molar-refractivity contribution in [2.45, 2.75) is 0 Å². The standard InChI is InChI=1S/C48H28S2/c1-2-12-33-30(10-1)11-9-18-35(33)46-38-15-5-3-13-36(38)45(37-14-4-6-16-39(37)46)31-22-20-29(21-23-31)32-24-25-34-40-26-27-43-47(48(40)50-44(34)28-32)41-17-7-8-19-42(41)49-43/h1-28H. The van der Waals surface area contributed by atoms with Crippen molar-refractivity contribution in [3.8, 4) is 33.4 Å². The van der Waals surface area contributed by atoms with E-state index in [2.05, 4.69) is 170 Å². The van der Waals surface area contributed by atoms with Gasteiger partial charge in [0.15, 0.2) is 0 Å². The zero-order valence-corrected chi connectivity index (χ0v) is 28.6. The van der Waals surface area contributed by atoms with Crippen LogP contribution in [0.2, 0.25) is 0 Å². The van der Waals surface area contributed by atoms with Crippen LogP contribution in [0.3, 0.4) is 0 Å². The Labute approximate surface area is 297 Å². The highest BCUT2D eigenvalue weighted by molar-refractivity contribution is 7.29. The fourth-order valence-electron chi connectivity index (χ4n) is 8.22. The van der Waals surface area contributed by atoms with E-state index >= 15 is 0 Å². The van der Waals surface area contributed by atoms with Gasteiger partial charge >= 0.3 is 0 Å². The Balaban J connectivity index is 1.07. The molecule has 0 nitrogen and oxygen atoms in total. The molecule has 232 valence electrons. The van der Waals surface area contributed by atoms with Gasteiger partial charge in [-0.15, -0.1) is 22.7 Å². The van der Waals surface area contributed by atoms with Crippen LogP contribution in [0.15, 0.2) is 170 Å². The molecule has 0 saturated carbocycles. The smallest absolute Gasteiger partial charge is 0.0448 e. The summed E-state index contributed by atoms with van der Waals surface area (Å²) in [6, 6.07) is 63.0. The summed E-state index contributed by atoms with van der Waals surface area (Å²) < 4.78 is 5.46. The highest BCUT2D eigenvalue weighted by atomic mass is 32.1. The molecule has 2 heterocycles. The average Bonchev–Trinajstić information content (AvgIpc) is 3.75. The summed E-state index contributed by atoms with van der Waals surface area (Å²) in [7, 11) is 0. The van der Waals surface area contributed by atoms with E-state index in [1.54, 1.807) is 0 Å². The van der Waals surface area contributed by atoms with Crippen LogP contribution in [0.25, 0.3) is 106 Å². The Bertz CT molecular complexity index is 3080. The van der Waals surface area contributed by atoms with Crippen molar-refractivity contribution in [3.63, 3.8) is 0 Å². The van der Waals surface area contributed by atoms with Crippen molar-refractivity contribution >= 4 is 95.3 Å². The van der Waals surface area contributed by atoms with Crippen molar-refractivity contribution in [2.24, 2.45) is 0 Å². The Morgan fingerprint density at radius 3 is 1.64 bits per heavy atom. The van der Waals surface area contributed by atoms with Crippen molar-refractivity contribution in [3.05, 3.63) is 170 Å². The minimum atomic E-state index is 1.24. The molecule has 11 rings (SSSR count). The lowest BCUT2D eigenvalue weighted by atomic mass is 9.84. The fraction of sp³-hybridized carbons (Fsp3) is 0. The van der Waals surface area contributed by atoms with Crippen molar-refractivity contribution < 1.29 is 0 Å². The molecule has 50 heavy (non-hydrogen) atoms. The number of hydrogen-bond donors (Lipinski definition) is 0. The van der Waals surface area contributed by atoms with E-state index in [0.29, 0.717) is 0 Å². The van der Waals surface area contributed by atoms with E-state index in [1.165, 1.54) is 106 Å². The Morgan fingerprint density at radius 1 is 0.300 bits per heavy atom. The average molecular weight is 669 g/mol. The molecule has 0 fully saturated rings. The molecule has 0 amide bonds. The van der Waals surface area contributed by atoms with Crippen LogP contribution in [-0.2, 0) is 0 Å². The summed E-state index contributed by atoms with van der Waals surface area (Å²) >= 11 is 3.82. The summed E-state index contributed by atoms with van der Waals surface area (Å²) in [5.41, 5.74) is 7.60. The van der Waals surface area contributed by atoms with Gasteiger partial charge in [-0.05, 0) is 83.9 Å². The van der Waals surface area contributed by atoms with Gasteiger partial charge < -0.3 is 0 Å². The Hall–Kier alpha value is -5.80. The second kappa shape index (κ2) is 10.9. The molecule has 0 aliphatic carbocycles.